The van der Waals surface area contributed by atoms with Gasteiger partial charge in [-0.3, -0.25) is 4.79 Å². The van der Waals surface area contributed by atoms with Crippen molar-refractivity contribution in [3.8, 4) is 0 Å². The topological polar surface area (TPSA) is 42.0 Å². The largest absolute Gasteiger partial charge is 0.311 e. The van der Waals surface area contributed by atoms with Crippen LogP contribution in [0, 0.1) is 0 Å². The van der Waals surface area contributed by atoms with Gasteiger partial charge in [0, 0.05) is 18.0 Å². The lowest BCUT2D eigenvalue weighted by Gasteiger charge is -2.00. The molecule has 0 bridgehead atoms. The van der Waals surface area contributed by atoms with E-state index in [0.717, 1.165) is 4.90 Å². The highest BCUT2D eigenvalue weighted by Gasteiger charge is 1.95. The molecule has 0 spiro atoms. The molecular formula is C8H10N2OS. The number of rotatable bonds is 2. The van der Waals surface area contributed by atoms with E-state index in [1.807, 2.05) is 12.3 Å². The van der Waals surface area contributed by atoms with Crippen molar-refractivity contribution in [2.75, 3.05) is 11.6 Å². The molecule has 0 saturated heterocycles. The van der Waals surface area contributed by atoms with Crippen LogP contribution in [0.4, 0.5) is 5.82 Å². The lowest BCUT2D eigenvalue weighted by molar-refractivity contribution is -0.114. The molecule has 1 N–H and O–H groups in total. The minimum Gasteiger partial charge on any atom is -0.311 e. The first-order valence-electron chi connectivity index (χ1n) is 3.50. The maximum atomic E-state index is 10.6. The number of nitrogens with zero attached hydrogens (tertiary/aromatic N) is 1. The van der Waals surface area contributed by atoms with Crippen LogP contribution >= 0.6 is 11.8 Å². The highest BCUT2D eigenvalue weighted by atomic mass is 32.2. The molecule has 0 fully saturated rings. The Morgan fingerprint density at radius 3 is 2.75 bits per heavy atom. The van der Waals surface area contributed by atoms with Crippen molar-refractivity contribution in [1.29, 1.82) is 0 Å². The lowest BCUT2D eigenvalue weighted by atomic mass is 10.4. The van der Waals surface area contributed by atoms with Crippen LogP contribution in [0.3, 0.4) is 0 Å². The number of thioether (sulfide) groups is 1. The second-order valence-corrected chi connectivity index (χ2v) is 3.14. The Balaban J connectivity index is 2.71. The fourth-order valence-corrected chi connectivity index (χ4v) is 1.12. The van der Waals surface area contributed by atoms with Gasteiger partial charge in [0.05, 0.1) is 0 Å². The predicted molar refractivity (Wildman–Crippen MR) is 50.3 cm³/mol. The van der Waals surface area contributed by atoms with Crippen LogP contribution in [-0.2, 0) is 4.79 Å². The molecule has 4 heteroatoms. The van der Waals surface area contributed by atoms with Crippen LogP contribution in [0.2, 0.25) is 0 Å². The van der Waals surface area contributed by atoms with E-state index < -0.39 is 0 Å². The fraction of sp³-hybridized carbons (Fsp3) is 0.250. The van der Waals surface area contributed by atoms with Gasteiger partial charge < -0.3 is 5.32 Å². The van der Waals surface area contributed by atoms with Gasteiger partial charge >= 0.3 is 0 Å². The second kappa shape index (κ2) is 4.11. The molecule has 1 amide bonds. The van der Waals surface area contributed by atoms with Gasteiger partial charge in [0.25, 0.3) is 0 Å². The number of hydrogen-bond acceptors (Lipinski definition) is 3. The molecule has 12 heavy (non-hydrogen) atoms. The van der Waals surface area contributed by atoms with Crippen molar-refractivity contribution in [1.82, 2.24) is 4.98 Å². The van der Waals surface area contributed by atoms with E-state index >= 15 is 0 Å². The van der Waals surface area contributed by atoms with E-state index in [4.69, 9.17) is 0 Å². The van der Waals surface area contributed by atoms with Crippen molar-refractivity contribution < 1.29 is 4.79 Å². The molecule has 0 aliphatic carbocycles. The maximum Gasteiger partial charge on any atom is 0.222 e. The van der Waals surface area contributed by atoms with Crippen molar-refractivity contribution in [2.24, 2.45) is 0 Å². The number of nitrogens with one attached hydrogen (secondary N) is 1. The van der Waals surface area contributed by atoms with Gasteiger partial charge in [-0.15, -0.1) is 11.8 Å². The third-order valence-electron chi connectivity index (χ3n) is 1.28. The summed E-state index contributed by atoms with van der Waals surface area (Å²) in [5, 5.41) is 2.60. The smallest absolute Gasteiger partial charge is 0.222 e. The Morgan fingerprint density at radius 1 is 1.58 bits per heavy atom. The molecular weight excluding hydrogens is 172 g/mol. The highest BCUT2D eigenvalue weighted by molar-refractivity contribution is 7.98. The van der Waals surface area contributed by atoms with E-state index in [2.05, 4.69) is 10.3 Å². The normalized spacial score (nSPS) is 9.50. The Morgan fingerprint density at radius 2 is 2.33 bits per heavy atom. The summed E-state index contributed by atoms with van der Waals surface area (Å²) in [6.07, 6.45) is 3.71. The number of amides is 1. The lowest BCUT2D eigenvalue weighted by Crippen LogP contribution is -2.06. The summed E-state index contributed by atoms with van der Waals surface area (Å²) in [7, 11) is 0. The first-order valence-corrected chi connectivity index (χ1v) is 4.72. The van der Waals surface area contributed by atoms with E-state index in [1.54, 1.807) is 24.0 Å². The molecule has 0 aliphatic heterocycles. The molecule has 0 radical (unpaired) electrons. The molecule has 0 saturated carbocycles. The van der Waals surface area contributed by atoms with Crippen LogP contribution in [0.5, 0.6) is 0 Å². The van der Waals surface area contributed by atoms with Gasteiger partial charge in [-0.1, -0.05) is 0 Å². The summed E-state index contributed by atoms with van der Waals surface area (Å²) in [5.74, 6) is 0.500. The quantitative estimate of drug-likeness (QED) is 0.709. The Bertz CT molecular complexity index is 271. The second-order valence-electron chi connectivity index (χ2n) is 2.26. The molecule has 0 aliphatic rings. The van der Waals surface area contributed by atoms with Gasteiger partial charge in [0.15, 0.2) is 0 Å². The Labute approximate surface area is 75.6 Å². The summed E-state index contributed by atoms with van der Waals surface area (Å²) >= 11 is 1.62. The summed E-state index contributed by atoms with van der Waals surface area (Å²) in [4.78, 5) is 15.7. The SMILES string of the molecule is CSc1ccc(NC(C)=O)nc1. The average Bonchev–Trinajstić information content (AvgIpc) is 2.05. The van der Waals surface area contributed by atoms with E-state index in [1.165, 1.54) is 6.92 Å². The van der Waals surface area contributed by atoms with E-state index in [-0.39, 0.29) is 5.91 Å². The summed E-state index contributed by atoms with van der Waals surface area (Å²) < 4.78 is 0. The number of hydrogen-bond donors (Lipinski definition) is 1. The van der Waals surface area contributed by atoms with Crippen molar-refractivity contribution in [3.63, 3.8) is 0 Å². The first-order chi connectivity index (χ1) is 5.72. The summed E-state index contributed by atoms with van der Waals surface area (Å²) in [5.41, 5.74) is 0. The molecule has 0 unspecified atom stereocenters. The monoisotopic (exact) mass is 182 g/mol. The number of anilines is 1. The van der Waals surface area contributed by atoms with Crippen LogP contribution in [0.15, 0.2) is 23.2 Å². The molecule has 1 aromatic heterocycles. The predicted octanol–water partition coefficient (Wildman–Crippen LogP) is 1.76. The standard InChI is InChI=1S/C8H10N2OS/c1-6(11)10-8-4-3-7(12-2)5-9-8/h3-5H,1-2H3,(H,9,10,11). The number of pyridine rings is 1. The van der Waals surface area contributed by atoms with Gasteiger partial charge in [-0.2, -0.15) is 0 Å². The molecule has 0 aromatic carbocycles. The molecule has 0 atom stereocenters. The third-order valence-corrected chi connectivity index (χ3v) is 1.99. The minimum absolute atomic E-state index is 0.0978. The van der Waals surface area contributed by atoms with Crippen molar-refractivity contribution in [2.45, 2.75) is 11.8 Å². The van der Waals surface area contributed by atoms with Crippen LogP contribution < -0.4 is 5.32 Å². The van der Waals surface area contributed by atoms with E-state index in [0.29, 0.717) is 5.82 Å². The molecule has 1 rings (SSSR count). The first kappa shape index (κ1) is 9.06. The number of aromatic nitrogens is 1. The van der Waals surface area contributed by atoms with Gasteiger partial charge in [0.1, 0.15) is 5.82 Å². The summed E-state index contributed by atoms with van der Waals surface area (Å²) in [6.45, 7) is 1.46. The third kappa shape index (κ3) is 2.54. The van der Waals surface area contributed by atoms with Crippen LogP contribution in [0.1, 0.15) is 6.92 Å². The zero-order chi connectivity index (χ0) is 8.97. The van der Waals surface area contributed by atoms with Gasteiger partial charge in [-0.25, -0.2) is 4.98 Å². The van der Waals surface area contributed by atoms with Gasteiger partial charge in [-0.05, 0) is 18.4 Å². The van der Waals surface area contributed by atoms with E-state index in [9.17, 15) is 4.79 Å². The van der Waals surface area contributed by atoms with Crippen LogP contribution in [0.25, 0.3) is 0 Å². The molecule has 1 heterocycles. The molecule has 1 aromatic rings. The Hall–Kier alpha value is -1.03. The average molecular weight is 182 g/mol. The minimum atomic E-state index is -0.0978. The van der Waals surface area contributed by atoms with Crippen LogP contribution in [-0.4, -0.2) is 17.1 Å². The fourth-order valence-electron chi connectivity index (χ4n) is 0.755. The van der Waals surface area contributed by atoms with Gasteiger partial charge in [0.2, 0.25) is 5.91 Å². The highest BCUT2D eigenvalue weighted by Crippen LogP contribution is 2.14. The molecule has 3 nitrogen and oxygen atoms in total. The maximum absolute atomic E-state index is 10.6. The molecule has 64 valence electrons. The zero-order valence-corrected chi connectivity index (χ0v) is 7.81. The number of carbonyl (C=O) groups is 1. The number of carbonyl (C=O) groups excluding carboxylic acids is 1. The Kier molecular flexibility index (Phi) is 3.10. The summed E-state index contributed by atoms with van der Waals surface area (Å²) in [6, 6.07) is 3.70. The zero-order valence-electron chi connectivity index (χ0n) is 7.00. The van der Waals surface area contributed by atoms with Crippen molar-refractivity contribution in [3.05, 3.63) is 18.3 Å². The van der Waals surface area contributed by atoms with Crippen molar-refractivity contribution >= 4 is 23.5 Å².